The Hall–Kier alpha value is -11.4. The number of aryl methyl sites for hydroxylation is 1. The van der Waals surface area contributed by atoms with E-state index < -0.39 is 80.1 Å². The lowest BCUT2D eigenvalue weighted by molar-refractivity contribution is -0.387. The van der Waals surface area contributed by atoms with Crippen LogP contribution in [0.4, 0.5) is 35.9 Å². The normalized spacial score (nSPS) is 11.2. The van der Waals surface area contributed by atoms with E-state index in [1.54, 1.807) is 84.9 Å². The molecular formula is C65H57F3N4O20S3. The van der Waals surface area contributed by atoms with Crippen LogP contribution >= 0.6 is 0 Å². The van der Waals surface area contributed by atoms with Crippen molar-refractivity contribution in [2.24, 2.45) is 0 Å². The van der Waals surface area contributed by atoms with Gasteiger partial charge in [0.15, 0.2) is 4.90 Å². The van der Waals surface area contributed by atoms with Gasteiger partial charge in [-0.25, -0.2) is 39.6 Å². The number of anilines is 3. The van der Waals surface area contributed by atoms with E-state index >= 15 is 0 Å². The number of aromatic carboxylic acids is 3. The molecule has 0 unspecified atom stereocenters. The fourth-order valence-electron chi connectivity index (χ4n) is 8.04. The van der Waals surface area contributed by atoms with Crippen LogP contribution in [0, 0.1) is 17.0 Å². The zero-order valence-corrected chi connectivity index (χ0v) is 52.1. The third-order valence-electron chi connectivity index (χ3n) is 12.7. The van der Waals surface area contributed by atoms with Crippen LogP contribution in [0.1, 0.15) is 42.2 Å². The highest BCUT2D eigenvalue weighted by molar-refractivity contribution is 7.93. The van der Waals surface area contributed by atoms with Crippen LogP contribution < -0.4 is 42.6 Å². The van der Waals surface area contributed by atoms with Gasteiger partial charge in [0.05, 0.1) is 54.0 Å². The van der Waals surface area contributed by atoms with Crippen molar-refractivity contribution in [1.29, 1.82) is 0 Å². The number of sulfonamides is 3. The minimum atomic E-state index is -4.68. The van der Waals surface area contributed by atoms with Crippen molar-refractivity contribution >= 4 is 70.7 Å². The molecule has 0 radical (unpaired) electrons. The SMILES string of the molecule is Cc1ccc(S(=O)(=O)Nc2ccccc2OCCOc2ccc(C(=O)O)cc2)cc1.O=C(O)c1ccc(OCCOc2ccccc2NS(=O)(=O)c2cccc(C(F)(F)F)c2)cc1.O=C(O)c1ccc(OCCOc2ccccc2NS(=O)(=O)c2ccccc2[N+](=O)[O-])cc1. The number of alkyl halides is 3. The smallest absolute Gasteiger partial charge is 0.416 e. The second-order valence-corrected chi connectivity index (χ2v) is 24.5. The fourth-order valence-corrected chi connectivity index (χ4v) is 11.5. The summed E-state index contributed by atoms with van der Waals surface area (Å²) in [5.74, 6) is -0.998. The van der Waals surface area contributed by atoms with E-state index in [1.165, 1.54) is 97.1 Å². The summed E-state index contributed by atoms with van der Waals surface area (Å²) in [6.45, 7) is 2.51. The number of carboxylic acid groups (broad SMARTS) is 3. The first kappa shape index (κ1) is 71.1. The Labute approximate surface area is 542 Å². The molecule has 496 valence electrons. The van der Waals surface area contributed by atoms with Crippen LogP contribution in [0.2, 0.25) is 0 Å². The van der Waals surface area contributed by atoms with E-state index in [4.69, 9.17) is 43.7 Å². The molecule has 0 spiro atoms. The summed E-state index contributed by atoms with van der Waals surface area (Å²) in [7, 11) is -12.3. The van der Waals surface area contributed by atoms with Gasteiger partial charge in [0.2, 0.25) is 0 Å². The Kier molecular flexibility index (Phi) is 24.5. The fraction of sp³-hybridized carbons (Fsp3) is 0.123. The summed E-state index contributed by atoms with van der Waals surface area (Å²) >= 11 is 0. The van der Waals surface area contributed by atoms with Gasteiger partial charge < -0.3 is 43.7 Å². The molecule has 0 aromatic heterocycles. The maximum Gasteiger partial charge on any atom is 0.416 e. The maximum absolute atomic E-state index is 12.9. The largest absolute Gasteiger partial charge is 0.490 e. The molecule has 0 atom stereocenters. The molecule has 30 heteroatoms. The second-order valence-electron chi connectivity index (χ2n) is 19.4. The van der Waals surface area contributed by atoms with Gasteiger partial charge in [-0.2, -0.15) is 13.2 Å². The summed E-state index contributed by atoms with van der Waals surface area (Å²) in [5.41, 5.74) is 0.239. The third-order valence-corrected chi connectivity index (χ3v) is 16.8. The van der Waals surface area contributed by atoms with Crippen molar-refractivity contribution in [2.45, 2.75) is 27.8 Å². The Balaban J connectivity index is 0.000000202. The quantitative estimate of drug-likeness (QED) is 0.0151. The lowest BCUT2D eigenvalue weighted by atomic mass is 10.2. The zero-order chi connectivity index (χ0) is 68.8. The van der Waals surface area contributed by atoms with E-state index in [-0.39, 0.29) is 84.1 Å². The summed E-state index contributed by atoms with van der Waals surface area (Å²) < 4.78 is 155. The van der Waals surface area contributed by atoms with Gasteiger partial charge in [-0.15, -0.1) is 0 Å². The van der Waals surface area contributed by atoms with Gasteiger partial charge in [0.1, 0.15) is 74.1 Å². The standard InChI is InChI=1S/C22H18F3NO6S.C22H21NO6S.C21H18N2O8S/c23-22(24,25)16-4-3-5-18(14-16)33(29,30)26-19-6-1-2-7-20(19)32-13-12-31-17-10-8-15(9-11-17)21(27)28;1-16-6-12-19(13-7-16)30(26,27)23-20-4-2-3-5-21(20)29-15-14-28-18-10-8-17(9-11-18)22(24)25;24-21(25)15-9-11-16(12-10-15)30-13-14-31-19-7-3-1-5-17(19)22-32(28,29)20-8-4-2-6-18(20)23(26)27/h1-11,14,26H,12-13H2,(H,27,28);2-13,23H,14-15H2,1H3,(H,24,25);1-12,22H,13-14H2,(H,24,25). The second kappa shape index (κ2) is 32.8. The molecule has 9 aromatic carbocycles. The Morgan fingerprint density at radius 2 is 0.758 bits per heavy atom. The van der Waals surface area contributed by atoms with Crippen LogP contribution in [0.5, 0.6) is 34.5 Å². The number of nitrogens with zero attached hydrogens (tertiary/aromatic N) is 1. The summed E-state index contributed by atoms with van der Waals surface area (Å²) in [5, 5.41) is 37.9. The molecule has 9 rings (SSSR count). The number of para-hydroxylation sites is 7. The van der Waals surface area contributed by atoms with Crippen molar-refractivity contribution in [2.75, 3.05) is 53.8 Å². The predicted molar refractivity (Wildman–Crippen MR) is 341 cm³/mol. The van der Waals surface area contributed by atoms with Gasteiger partial charge in [0, 0.05) is 6.07 Å². The van der Waals surface area contributed by atoms with E-state index in [9.17, 15) is 62.9 Å². The molecule has 0 saturated carbocycles. The predicted octanol–water partition coefficient (Wildman–Crippen LogP) is 12.2. The number of halogens is 3. The maximum atomic E-state index is 12.9. The van der Waals surface area contributed by atoms with Crippen LogP contribution in [0.15, 0.2) is 233 Å². The number of hydrogen-bond acceptors (Lipinski definition) is 17. The number of rotatable bonds is 28. The number of nitrogens with one attached hydrogen (secondary N) is 3. The van der Waals surface area contributed by atoms with Crippen molar-refractivity contribution in [3.8, 4) is 34.5 Å². The number of nitro benzene ring substituents is 1. The van der Waals surface area contributed by atoms with Crippen LogP contribution in [-0.4, -0.2) is 103 Å². The first-order valence-corrected chi connectivity index (χ1v) is 32.2. The first-order valence-electron chi connectivity index (χ1n) is 27.8. The molecule has 95 heavy (non-hydrogen) atoms. The molecule has 0 aliphatic carbocycles. The van der Waals surface area contributed by atoms with Crippen LogP contribution in [-0.2, 0) is 36.2 Å². The van der Waals surface area contributed by atoms with E-state index in [1.807, 2.05) is 6.92 Å². The van der Waals surface area contributed by atoms with Gasteiger partial charge in [0.25, 0.3) is 35.8 Å². The van der Waals surface area contributed by atoms with Crippen molar-refractivity contribution in [3.05, 3.63) is 256 Å². The van der Waals surface area contributed by atoms with Crippen molar-refractivity contribution < 1.29 is 101 Å². The Morgan fingerprint density at radius 3 is 1.13 bits per heavy atom. The minimum absolute atomic E-state index is 0.0168. The van der Waals surface area contributed by atoms with Gasteiger partial charge in [-0.3, -0.25) is 24.3 Å². The van der Waals surface area contributed by atoms with Gasteiger partial charge in [-0.1, -0.05) is 72.3 Å². The molecule has 0 bridgehead atoms. The number of hydrogen-bond donors (Lipinski definition) is 6. The third kappa shape index (κ3) is 21.3. The summed E-state index contributed by atoms with van der Waals surface area (Å²) in [6, 6.07) is 51.6. The molecule has 0 saturated heterocycles. The minimum Gasteiger partial charge on any atom is -0.490 e. The molecule has 0 aliphatic heterocycles. The molecular weight excluding hydrogens is 1310 g/mol. The first-order chi connectivity index (χ1) is 45.2. The number of nitro groups is 1. The molecule has 6 N–H and O–H groups in total. The molecule has 0 aliphatic rings. The average Bonchev–Trinajstić information content (AvgIpc) is 0.874. The van der Waals surface area contributed by atoms with Gasteiger partial charge in [-0.05, 0) is 153 Å². The summed E-state index contributed by atoms with van der Waals surface area (Å²) in [4.78, 5) is 42.1. The molecule has 24 nitrogen and oxygen atoms in total. The van der Waals surface area contributed by atoms with Gasteiger partial charge >= 0.3 is 24.1 Å². The lowest BCUT2D eigenvalue weighted by Crippen LogP contribution is -2.16. The van der Waals surface area contributed by atoms with Crippen LogP contribution in [0.3, 0.4) is 0 Å². The van der Waals surface area contributed by atoms with E-state index in [0.29, 0.717) is 34.8 Å². The molecule has 0 amide bonds. The lowest BCUT2D eigenvalue weighted by Gasteiger charge is -2.15. The number of carbonyl (C=O) groups is 3. The molecule has 9 aromatic rings. The monoisotopic (exact) mass is 1370 g/mol. The summed E-state index contributed by atoms with van der Waals surface area (Å²) in [6.07, 6.45) is -4.68. The Bertz CT molecular complexity index is 4470. The van der Waals surface area contributed by atoms with E-state index in [2.05, 4.69) is 14.2 Å². The number of ether oxygens (including phenoxy) is 6. The topological polar surface area (TPSA) is 349 Å². The Morgan fingerprint density at radius 1 is 0.421 bits per heavy atom. The zero-order valence-electron chi connectivity index (χ0n) is 49.6. The highest BCUT2D eigenvalue weighted by Crippen LogP contribution is 2.34. The van der Waals surface area contributed by atoms with Crippen LogP contribution in [0.25, 0.3) is 0 Å². The molecule has 0 fully saturated rings. The number of benzene rings is 9. The van der Waals surface area contributed by atoms with Crippen molar-refractivity contribution in [1.82, 2.24) is 0 Å². The highest BCUT2D eigenvalue weighted by Gasteiger charge is 2.32. The van der Waals surface area contributed by atoms with E-state index in [0.717, 1.165) is 35.9 Å². The number of carboxylic acids is 3. The molecule has 0 heterocycles. The van der Waals surface area contributed by atoms with Crippen molar-refractivity contribution in [3.63, 3.8) is 0 Å². The highest BCUT2D eigenvalue weighted by atomic mass is 32.2. The average molecular weight is 1370 g/mol.